The van der Waals surface area contributed by atoms with E-state index in [0.717, 1.165) is 11.8 Å². The van der Waals surface area contributed by atoms with Crippen LogP contribution >= 0.6 is 0 Å². The van der Waals surface area contributed by atoms with Crippen LogP contribution < -0.4 is 15.8 Å². The lowest BCUT2D eigenvalue weighted by atomic mass is 10.1. The summed E-state index contributed by atoms with van der Waals surface area (Å²) in [5.41, 5.74) is 6.82. The van der Waals surface area contributed by atoms with Crippen LogP contribution in [0.2, 0.25) is 0 Å². The predicted molar refractivity (Wildman–Crippen MR) is 78.6 cm³/mol. The first-order valence-corrected chi connectivity index (χ1v) is 8.29. The third-order valence-electron chi connectivity index (χ3n) is 2.65. The molecule has 0 unspecified atom stereocenters. The van der Waals surface area contributed by atoms with E-state index in [1.54, 1.807) is 0 Å². The maximum Gasteiger partial charge on any atom is 0.237 e. The van der Waals surface area contributed by atoms with Crippen LogP contribution in [0.1, 0.15) is 12.0 Å². The first-order chi connectivity index (χ1) is 9.38. The predicted octanol–water partition coefficient (Wildman–Crippen LogP) is -0.388. The molecule has 6 nitrogen and oxygen atoms in total. The zero-order chi connectivity index (χ0) is 15.0. The fraction of sp³-hybridized carbons (Fsp3) is 0.462. The molecule has 112 valence electrons. The number of hydrogen-bond acceptors (Lipinski definition) is 4. The van der Waals surface area contributed by atoms with Crippen molar-refractivity contribution in [1.82, 2.24) is 10.0 Å². The molecule has 0 aliphatic rings. The van der Waals surface area contributed by atoms with Gasteiger partial charge in [-0.1, -0.05) is 30.3 Å². The van der Waals surface area contributed by atoms with Crippen LogP contribution in [0, 0.1) is 0 Å². The van der Waals surface area contributed by atoms with Crippen molar-refractivity contribution in [2.24, 2.45) is 5.73 Å². The minimum Gasteiger partial charge on any atom is -0.355 e. The molecule has 20 heavy (non-hydrogen) atoms. The number of hydrogen-bond donors (Lipinski definition) is 3. The largest absolute Gasteiger partial charge is 0.355 e. The fourth-order valence-electron chi connectivity index (χ4n) is 1.65. The van der Waals surface area contributed by atoms with Gasteiger partial charge in [0.05, 0.1) is 12.3 Å². The molecule has 0 heterocycles. The lowest BCUT2D eigenvalue weighted by Gasteiger charge is -2.12. The number of rotatable bonds is 8. The number of benzene rings is 1. The van der Waals surface area contributed by atoms with Gasteiger partial charge in [-0.15, -0.1) is 0 Å². The maximum atomic E-state index is 11.7. The summed E-state index contributed by atoms with van der Waals surface area (Å²) in [6.45, 7) is 0.691. The van der Waals surface area contributed by atoms with Crippen LogP contribution in [0.25, 0.3) is 0 Å². The van der Waals surface area contributed by atoms with Crippen LogP contribution in [-0.4, -0.2) is 39.7 Å². The Kier molecular flexibility index (Phi) is 6.63. The van der Waals surface area contributed by atoms with Crippen LogP contribution in [0.3, 0.4) is 0 Å². The summed E-state index contributed by atoms with van der Waals surface area (Å²) in [4.78, 5) is 11.7. The Morgan fingerprint density at radius 3 is 2.50 bits per heavy atom. The standard InChI is InChI=1S/C13H21N3O3S/c1-20(18,19)16-9-5-8-15-13(17)12(14)10-11-6-3-2-4-7-11/h2-4,6-7,12,16H,5,8-10,14H2,1H3,(H,15,17)/t12-/m0/s1. The molecule has 0 spiro atoms. The van der Waals surface area contributed by atoms with Gasteiger partial charge in [-0.2, -0.15) is 0 Å². The Labute approximate surface area is 119 Å². The van der Waals surface area contributed by atoms with Gasteiger partial charge in [-0.05, 0) is 18.4 Å². The number of amides is 1. The van der Waals surface area contributed by atoms with Crippen LogP contribution in [0.5, 0.6) is 0 Å². The van der Waals surface area contributed by atoms with E-state index in [2.05, 4.69) is 10.0 Å². The third kappa shape index (κ3) is 7.22. The van der Waals surface area contributed by atoms with Crippen molar-refractivity contribution in [2.75, 3.05) is 19.3 Å². The molecule has 0 aliphatic carbocycles. The number of carbonyl (C=O) groups is 1. The molecule has 0 saturated carbocycles. The van der Waals surface area contributed by atoms with Crippen LogP contribution in [0.4, 0.5) is 0 Å². The summed E-state index contributed by atoms with van der Waals surface area (Å²) in [5, 5.41) is 2.69. The van der Waals surface area contributed by atoms with Crippen molar-refractivity contribution < 1.29 is 13.2 Å². The summed E-state index contributed by atoms with van der Waals surface area (Å²) in [7, 11) is -3.17. The molecule has 1 rings (SSSR count). The molecule has 1 aromatic rings. The van der Waals surface area contributed by atoms with E-state index in [1.807, 2.05) is 30.3 Å². The summed E-state index contributed by atoms with van der Waals surface area (Å²) in [5.74, 6) is -0.229. The Morgan fingerprint density at radius 1 is 1.25 bits per heavy atom. The van der Waals surface area contributed by atoms with E-state index >= 15 is 0 Å². The Bertz CT molecular complexity index is 517. The van der Waals surface area contributed by atoms with E-state index in [9.17, 15) is 13.2 Å². The van der Waals surface area contributed by atoms with Gasteiger partial charge in [-0.3, -0.25) is 4.79 Å². The molecule has 4 N–H and O–H groups in total. The molecule has 1 atom stereocenters. The molecular formula is C13H21N3O3S. The fourth-order valence-corrected chi connectivity index (χ4v) is 2.16. The van der Waals surface area contributed by atoms with E-state index in [1.165, 1.54) is 0 Å². The quantitative estimate of drug-likeness (QED) is 0.569. The van der Waals surface area contributed by atoms with Crippen LogP contribution in [0.15, 0.2) is 30.3 Å². The normalized spacial score (nSPS) is 12.9. The SMILES string of the molecule is CS(=O)(=O)NCCCNC(=O)[C@@H](N)Cc1ccccc1. The highest BCUT2D eigenvalue weighted by Gasteiger charge is 2.13. The first kappa shape index (κ1) is 16.6. The zero-order valence-corrected chi connectivity index (χ0v) is 12.3. The molecule has 0 fully saturated rings. The third-order valence-corrected chi connectivity index (χ3v) is 3.38. The molecule has 7 heteroatoms. The van der Waals surface area contributed by atoms with Crippen molar-refractivity contribution in [3.8, 4) is 0 Å². The highest BCUT2D eigenvalue weighted by atomic mass is 32.2. The van der Waals surface area contributed by atoms with Crippen molar-refractivity contribution in [2.45, 2.75) is 18.9 Å². The molecule has 0 aliphatic heterocycles. The second-order valence-corrected chi connectivity index (χ2v) is 6.44. The molecule has 0 radical (unpaired) electrons. The number of nitrogens with one attached hydrogen (secondary N) is 2. The number of nitrogens with two attached hydrogens (primary N) is 1. The van der Waals surface area contributed by atoms with E-state index in [-0.39, 0.29) is 5.91 Å². The van der Waals surface area contributed by atoms with Gasteiger partial charge in [0.15, 0.2) is 0 Å². The smallest absolute Gasteiger partial charge is 0.237 e. The average molecular weight is 299 g/mol. The first-order valence-electron chi connectivity index (χ1n) is 6.40. The molecule has 1 aromatic carbocycles. The second kappa shape index (κ2) is 7.98. The molecule has 0 aromatic heterocycles. The van der Waals surface area contributed by atoms with Crippen molar-refractivity contribution in [3.63, 3.8) is 0 Å². The van der Waals surface area contributed by atoms with Crippen LogP contribution in [-0.2, 0) is 21.2 Å². The summed E-state index contributed by atoms with van der Waals surface area (Å²) < 4.78 is 24.0. The van der Waals surface area contributed by atoms with E-state index in [0.29, 0.717) is 25.9 Å². The topological polar surface area (TPSA) is 101 Å². The Hall–Kier alpha value is -1.44. The van der Waals surface area contributed by atoms with Gasteiger partial charge in [-0.25, -0.2) is 13.1 Å². The van der Waals surface area contributed by atoms with Crippen molar-refractivity contribution >= 4 is 15.9 Å². The van der Waals surface area contributed by atoms with Crippen molar-refractivity contribution in [1.29, 1.82) is 0 Å². The number of sulfonamides is 1. The lowest BCUT2D eigenvalue weighted by Crippen LogP contribution is -2.42. The van der Waals surface area contributed by atoms with Gasteiger partial charge in [0.2, 0.25) is 15.9 Å². The molecular weight excluding hydrogens is 278 g/mol. The molecule has 0 saturated heterocycles. The van der Waals surface area contributed by atoms with Crippen molar-refractivity contribution in [3.05, 3.63) is 35.9 Å². The second-order valence-electron chi connectivity index (χ2n) is 4.61. The highest BCUT2D eigenvalue weighted by Crippen LogP contribution is 2.01. The minimum atomic E-state index is -3.17. The van der Waals surface area contributed by atoms with E-state index in [4.69, 9.17) is 5.73 Å². The van der Waals surface area contributed by atoms with Gasteiger partial charge in [0.25, 0.3) is 0 Å². The van der Waals surface area contributed by atoms with Gasteiger partial charge < -0.3 is 11.1 Å². The van der Waals surface area contributed by atoms with Gasteiger partial charge in [0, 0.05) is 13.1 Å². The molecule has 1 amide bonds. The summed E-state index contributed by atoms with van der Waals surface area (Å²) >= 11 is 0. The monoisotopic (exact) mass is 299 g/mol. The number of carbonyl (C=O) groups excluding carboxylic acids is 1. The molecule has 0 bridgehead atoms. The van der Waals surface area contributed by atoms with Gasteiger partial charge in [0.1, 0.15) is 0 Å². The summed E-state index contributed by atoms with van der Waals surface area (Å²) in [6.07, 6.45) is 2.10. The Balaban J connectivity index is 2.22. The minimum absolute atomic E-state index is 0.229. The summed E-state index contributed by atoms with van der Waals surface area (Å²) in [6, 6.07) is 8.95. The average Bonchev–Trinajstić information content (AvgIpc) is 2.38. The van der Waals surface area contributed by atoms with Gasteiger partial charge >= 0.3 is 0 Å². The highest BCUT2D eigenvalue weighted by molar-refractivity contribution is 7.88. The maximum absolute atomic E-state index is 11.7. The lowest BCUT2D eigenvalue weighted by molar-refractivity contribution is -0.122. The Morgan fingerprint density at radius 2 is 1.90 bits per heavy atom. The van der Waals surface area contributed by atoms with E-state index < -0.39 is 16.1 Å². The zero-order valence-electron chi connectivity index (χ0n) is 11.5.